The van der Waals surface area contributed by atoms with Gasteiger partial charge in [0.25, 0.3) is 5.69 Å². The highest BCUT2D eigenvalue weighted by molar-refractivity contribution is 5.83. The Kier molecular flexibility index (Phi) is 3.99. The first-order valence-corrected chi connectivity index (χ1v) is 7.67. The molecule has 0 aliphatic carbocycles. The molecule has 25 heavy (non-hydrogen) atoms. The van der Waals surface area contributed by atoms with Gasteiger partial charge in [0, 0.05) is 18.6 Å². The fourth-order valence-corrected chi connectivity index (χ4v) is 2.79. The number of nitro groups is 1. The Labute approximate surface area is 141 Å². The monoisotopic (exact) mass is 346 g/mol. The Morgan fingerprint density at radius 1 is 1.36 bits per heavy atom. The van der Waals surface area contributed by atoms with Crippen molar-refractivity contribution in [1.29, 1.82) is 0 Å². The molecule has 3 atom stereocenters. The lowest BCUT2D eigenvalue weighted by Crippen LogP contribution is -2.40. The molecule has 2 aliphatic rings. The van der Waals surface area contributed by atoms with Gasteiger partial charge in [-0.2, -0.15) is 0 Å². The molecule has 0 saturated carbocycles. The predicted molar refractivity (Wildman–Crippen MR) is 80.8 cm³/mol. The molecule has 0 N–H and O–H groups in total. The highest BCUT2D eigenvalue weighted by atomic mass is 16.7. The highest BCUT2D eigenvalue weighted by Crippen LogP contribution is 2.27. The topological polar surface area (TPSA) is 119 Å². The number of ether oxygens (including phenoxy) is 3. The van der Waals surface area contributed by atoms with Gasteiger partial charge < -0.3 is 14.2 Å². The van der Waals surface area contributed by atoms with Crippen molar-refractivity contribution in [2.24, 2.45) is 0 Å². The van der Waals surface area contributed by atoms with Gasteiger partial charge in [-0.1, -0.05) is 5.21 Å². The molecule has 3 heterocycles. The van der Waals surface area contributed by atoms with Gasteiger partial charge in [0.1, 0.15) is 11.8 Å². The van der Waals surface area contributed by atoms with Crippen LogP contribution in [0.1, 0.15) is 12.1 Å². The Balaban J connectivity index is 1.40. The number of carbonyl (C=O) groups excluding carboxylic acids is 1. The Morgan fingerprint density at radius 2 is 2.16 bits per heavy atom. The number of non-ortho nitro benzene ring substituents is 1. The van der Waals surface area contributed by atoms with E-state index in [1.807, 2.05) is 0 Å². The summed E-state index contributed by atoms with van der Waals surface area (Å²) in [5, 5.41) is 18.7. The first-order chi connectivity index (χ1) is 12.1. The van der Waals surface area contributed by atoms with Crippen LogP contribution in [0.15, 0.2) is 30.5 Å². The largest absolute Gasteiger partial charge is 0.369 e. The van der Waals surface area contributed by atoms with Crippen molar-refractivity contribution in [2.75, 3.05) is 6.61 Å². The lowest BCUT2D eigenvalue weighted by molar-refractivity contribution is -0.384. The molecule has 2 saturated heterocycles. The molecule has 2 aliphatic heterocycles. The fourth-order valence-electron chi connectivity index (χ4n) is 2.79. The van der Waals surface area contributed by atoms with E-state index in [0.29, 0.717) is 18.0 Å². The zero-order chi connectivity index (χ0) is 17.4. The summed E-state index contributed by atoms with van der Waals surface area (Å²) in [6, 6.07) is 5.96. The summed E-state index contributed by atoms with van der Waals surface area (Å²) in [4.78, 5) is 21.9. The zero-order valence-corrected chi connectivity index (χ0v) is 13.0. The second kappa shape index (κ2) is 6.31. The quantitative estimate of drug-likeness (QED) is 0.575. The summed E-state index contributed by atoms with van der Waals surface area (Å²) in [6.07, 6.45) is 0.572. The average Bonchev–Trinajstić information content (AvgIpc) is 3.25. The van der Waals surface area contributed by atoms with E-state index in [0.717, 1.165) is 0 Å². The molecule has 10 heteroatoms. The molecule has 0 unspecified atom stereocenters. The number of fused-ring (bicyclic) bond motifs is 2. The van der Waals surface area contributed by atoms with Crippen LogP contribution in [0.5, 0.6) is 0 Å². The highest BCUT2D eigenvalue weighted by Gasteiger charge is 2.43. The van der Waals surface area contributed by atoms with E-state index < -0.39 is 11.2 Å². The molecule has 4 rings (SSSR count). The SMILES string of the molecule is O=C1C[C@H](OCc2cn(-c3ccc([N+](=O)[O-])cc3)nn2)[C@H]2CO[C@@H]1O2. The van der Waals surface area contributed by atoms with Crippen molar-refractivity contribution < 1.29 is 23.9 Å². The minimum Gasteiger partial charge on any atom is -0.369 e. The predicted octanol–water partition coefficient (Wildman–Crippen LogP) is 0.775. The van der Waals surface area contributed by atoms with Crippen molar-refractivity contribution in [3.63, 3.8) is 0 Å². The Bertz CT molecular complexity index is 805. The number of hydrogen-bond donors (Lipinski definition) is 0. The summed E-state index contributed by atoms with van der Waals surface area (Å²) < 4.78 is 17.9. The number of nitrogens with zero attached hydrogens (tertiary/aromatic N) is 4. The van der Waals surface area contributed by atoms with Crippen molar-refractivity contribution in [3.05, 3.63) is 46.3 Å². The molecule has 0 radical (unpaired) electrons. The maximum absolute atomic E-state index is 11.7. The number of carbonyl (C=O) groups is 1. The summed E-state index contributed by atoms with van der Waals surface area (Å²) in [6.45, 7) is 0.520. The molecular formula is C15H14N4O6. The van der Waals surface area contributed by atoms with Crippen LogP contribution in [-0.2, 0) is 25.6 Å². The van der Waals surface area contributed by atoms with Crippen LogP contribution in [0.2, 0.25) is 0 Å². The molecule has 2 bridgehead atoms. The maximum atomic E-state index is 11.7. The van der Waals surface area contributed by atoms with Crippen molar-refractivity contribution in [2.45, 2.75) is 31.5 Å². The molecule has 0 spiro atoms. The van der Waals surface area contributed by atoms with Gasteiger partial charge in [-0.05, 0) is 12.1 Å². The van der Waals surface area contributed by atoms with E-state index in [1.165, 1.54) is 16.8 Å². The average molecular weight is 346 g/mol. The summed E-state index contributed by atoms with van der Waals surface area (Å²) in [7, 11) is 0. The van der Waals surface area contributed by atoms with E-state index in [-0.39, 0.29) is 36.7 Å². The van der Waals surface area contributed by atoms with Gasteiger partial charge in [0.2, 0.25) is 6.29 Å². The number of rotatable bonds is 5. The summed E-state index contributed by atoms with van der Waals surface area (Å²) in [5.74, 6) is -0.117. The summed E-state index contributed by atoms with van der Waals surface area (Å²) in [5.41, 5.74) is 1.23. The second-order valence-electron chi connectivity index (χ2n) is 5.79. The maximum Gasteiger partial charge on any atom is 0.269 e. The van der Waals surface area contributed by atoms with Crippen molar-refractivity contribution in [3.8, 4) is 5.69 Å². The van der Waals surface area contributed by atoms with Crippen LogP contribution >= 0.6 is 0 Å². The van der Waals surface area contributed by atoms with E-state index >= 15 is 0 Å². The molecule has 0 amide bonds. The van der Waals surface area contributed by atoms with Crippen LogP contribution in [0.3, 0.4) is 0 Å². The molecule has 2 fully saturated rings. The third kappa shape index (κ3) is 3.14. The number of aromatic nitrogens is 3. The molecule has 10 nitrogen and oxygen atoms in total. The van der Waals surface area contributed by atoms with Gasteiger partial charge in [0.15, 0.2) is 5.78 Å². The van der Waals surface area contributed by atoms with E-state index in [2.05, 4.69) is 10.3 Å². The van der Waals surface area contributed by atoms with Gasteiger partial charge in [0.05, 0.1) is 36.1 Å². The van der Waals surface area contributed by atoms with Crippen molar-refractivity contribution in [1.82, 2.24) is 15.0 Å². The van der Waals surface area contributed by atoms with Gasteiger partial charge in [-0.15, -0.1) is 5.10 Å². The fraction of sp³-hybridized carbons (Fsp3) is 0.400. The molecule has 2 aromatic rings. The van der Waals surface area contributed by atoms with Gasteiger partial charge >= 0.3 is 0 Å². The molecular weight excluding hydrogens is 332 g/mol. The van der Waals surface area contributed by atoms with Crippen molar-refractivity contribution >= 4 is 11.5 Å². The molecule has 1 aromatic carbocycles. The standard InChI is InChI=1S/C15H14N4O6/c20-12-5-13(14-8-24-15(12)25-14)23-7-9-6-18(17-16-9)10-1-3-11(4-2-10)19(21)22/h1-4,6,13-15H,5,7-8H2/t13-,14+,15+/m0/s1. The molecule has 1 aromatic heterocycles. The van der Waals surface area contributed by atoms with Crippen LogP contribution in [0.25, 0.3) is 5.69 Å². The third-order valence-corrected chi connectivity index (χ3v) is 4.10. The number of Topliss-reactive ketones (excluding diaryl/α,β-unsaturated/α-hetero) is 1. The lowest BCUT2D eigenvalue weighted by Gasteiger charge is -2.25. The van der Waals surface area contributed by atoms with Gasteiger partial charge in [-0.3, -0.25) is 14.9 Å². The van der Waals surface area contributed by atoms with Gasteiger partial charge in [-0.25, -0.2) is 4.68 Å². The Hall–Kier alpha value is -2.69. The van der Waals surface area contributed by atoms with Crippen LogP contribution in [0.4, 0.5) is 5.69 Å². The Morgan fingerprint density at radius 3 is 2.92 bits per heavy atom. The van der Waals surface area contributed by atoms with Crippen LogP contribution in [0, 0.1) is 10.1 Å². The minimum atomic E-state index is -0.743. The van der Waals surface area contributed by atoms with Crippen LogP contribution < -0.4 is 0 Å². The third-order valence-electron chi connectivity index (χ3n) is 4.10. The number of hydrogen-bond acceptors (Lipinski definition) is 8. The first kappa shape index (κ1) is 15.8. The number of nitro benzene ring substituents is 1. The molecule has 130 valence electrons. The first-order valence-electron chi connectivity index (χ1n) is 7.67. The minimum absolute atomic E-state index is 0.00599. The normalized spacial score (nSPS) is 25.3. The van der Waals surface area contributed by atoms with E-state index in [1.54, 1.807) is 18.3 Å². The lowest BCUT2D eigenvalue weighted by atomic mass is 10.1. The zero-order valence-electron chi connectivity index (χ0n) is 13.0. The number of ketones is 1. The smallest absolute Gasteiger partial charge is 0.269 e. The summed E-state index contributed by atoms with van der Waals surface area (Å²) >= 11 is 0. The van der Waals surface area contributed by atoms with Crippen LogP contribution in [-0.4, -0.2) is 50.8 Å². The number of benzene rings is 1. The van der Waals surface area contributed by atoms with E-state index in [4.69, 9.17) is 14.2 Å². The van der Waals surface area contributed by atoms with E-state index in [9.17, 15) is 14.9 Å². The second-order valence-corrected chi connectivity index (χ2v) is 5.79.